The lowest BCUT2D eigenvalue weighted by atomic mass is 9.76. The van der Waals surface area contributed by atoms with Gasteiger partial charge in [-0.25, -0.2) is 0 Å². The molecule has 0 aromatic rings. The number of aliphatic hydroxyl groups excluding tert-OH is 1. The highest BCUT2D eigenvalue weighted by Gasteiger charge is 2.47. The molecule has 6 nitrogen and oxygen atoms in total. The Morgan fingerprint density at radius 2 is 1.61 bits per heavy atom. The lowest BCUT2D eigenvalue weighted by Gasteiger charge is -2.35. The molecule has 6 heteroatoms. The zero-order valence-corrected chi connectivity index (χ0v) is 11.0. The molecule has 0 bridgehead atoms. The van der Waals surface area contributed by atoms with Crippen molar-refractivity contribution >= 4 is 17.8 Å². The summed E-state index contributed by atoms with van der Waals surface area (Å²) in [5.41, 5.74) is -0.971. The highest BCUT2D eigenvalue weighted by atomic mass is 16.3. The van der Waals surface area contributed by atoms with Gasteiger partial charge in [-0.15, -0.1) is 0 Å². The summed E-state index contributed by atoms with van der Waals surface area (Å²) < 4.78 is 0. The summed E-state index contributed by atoms with van der Waals surface area (Å²) in [4.78, 5) is 28.2. The maximum absolute atomic E-state index is 12.2. The Balaban J connectivity index is 2.90. The molecular formula is C12H21N3O3. The third-order valence-electron chi connectivity index (χ3n) is 3.06. The highest BCUT2D eigenvalue weighted by molar-refractivity contribution is 6.20. The van der Waals surface area contributed by atoms with Crippen LogP contribution in [0.25, 0.3) is 0 Å². The summed E-state index contributed by atoms with van der Waals surface area (Å²) in [6.07, 6.45) is 2.60. The van der Waals surface area contributed by atoms with Crippen molar-refractivity contribution in [3.05, 3.63) is 0 Å². The van der Waals surface area contributed by atoms with E-state index in [0.29, 0.717) is 12.8 Å². The van der Waals surface area contributed by atoms with Gasteiger partial charge in [0.05, 0.1) is 13.2 Å². The second kappa shape index (κ2) is 6.49. The van der Waals surface area contributed by atoms with E-state index in [-0.39, 0.29) is 30.9 Å². The van der Waals surface area contributed by atoms with Crippen molar-refractivity contribution in [2.75, 3.05) is 13.2 Å². The smallest absolute Gasteiger partial charge is 0.242 e. The predicted octanol–water partition coefficient (Wildman–Crippen LogP) is 0.167. The van der Waals surface area contributed by atoms with E-state index in [2.05, 4.69) is 15.6 Å². The molecule has 0 spiro atoms. The van der Waals surface area contributed by atoms with Gasteiger partial charge in [0.1, 0.15) is 5.41 Å². The van der Waals surface area contributed by atoms with Crippen LogP contribution in [-0.4, -0.2) is 36.0 Å². The average Bonchev–Trinajstić information content (AvgIpc) is 2.33. The van der Waals surface area contributed by atoms with Crippen molar-refractivity contribution in [3.8, 4) is 0 Å². The number of nitrogens with zero attached hydrogens (tertiary/aromatic N) is 1. The van der Waals surface area contributed by atoms with E-state index in [1.54, 1.807) is 0 Å². The third-order valence-corrected chi connectivity index (χ3v) is 3.06. The Bertz CT molecular complexity index is 324. The van der Waals surface area contributed by atoms with E-state index in [1.165, 1.54) is 0 Å². The topological polar surface area (TPSA) is 90.8 Å². The van der Waals surface area contributed by atoms with E-state index in [1.807, 2.05) is 13.8 Å². The number of carbonyl (C=O) groups is 2. The summed E-state index contributed by atoms with van der Waals surface area (Å²) in [6, 6.07) is 0. The number of hydrogen-bond acceptors (Lipinski definition) is 4. The van der Waals surface area contributed by atoms with Crippen LogP contribution in [0.1, 0.15) is 39.5 Å². The molecule has 1 saturated heterocycles. The Morgan fingerprint density at radius 1 is 1.11 bits per heavy atom. The number of nitrogens with one attached hydrogen (secondary N) is 2. The molecule has 2 amide bonds. The number of carbonyl (C=O) groups excluding carboxylic acids is 2. The van der Waals surface area contributed by atoms with Gasteiger partial charge < -0.3 is 5.11 Å². The summed E-state index contributed by atoms with van der Waals surface area (Å²) in [6.45, 7) is 3.94. The largest absolute Gasteiger partial charge is 0.394 e. The molecule has 0 atom stereocenters. The normalized spacial score (nSPS) is 18.3. The van der Waals surface area contributed by atoms with E-state index in [4.69, 9.17) is 5.11 Å². The molecule has 1 aliphatic rings. The molecule has 0 aromatic heterocycles. The SMILES string of the molecule is CCCC1(CCC)C(=O)NC(=NCCO)NC1=O. The minimum atomic E-state index is -0.971. The number of guanidine groups is 1. The monoisotopic (exact) mass is 255 g/mol. The second-order valence-corrected chi connectivity index (χ2v) is 4.44. The van der Waals surface area contributed by atoms with Gasteiger partial charge in [-0.1, -0.05) is 26.7 Å². The van der Waals surface area contributed by atoms with Gasteiger partial charge in [0.25, 0.3) is 0 Å². The summed E-state index contributed by atoms with van der Waals surface area (Å²) in [7, 11) is 0. The zero-order chi connectivity index (χ0) is 13.6. The van der Waals surface area contributed by atoms with E-state index in [9.17, 15) is 9.59 Å². The molecular weight excluding hydrogens is 234 g/mol. The maximum Gasteiger partial charge on any atom is 0.242 e. The molecule has 18 heavy (non-hydrogen) atoms. The Kier molecular flexibility index (Phi) is 5.27. The zero-order valence-electron chi connectivity index (χ0n) is 11.0. The van der Waals surface area contributed by atoms with Gasteiger partial charge in [-0.2, -0.15) is 0 Å². The quantitative estimate of drug-likeness (QED) is 0.591. The molecule has 102 valence electrons. The van der Waals surface area contributed by atoms with Crippen molar-refractivity contribution < 1.29 is 14.7 Å². The fourth-order valence-corrected chi connectivity index (χ4v) is 2.26. The lowest BCUT2D eigenvalue weighted by Crippen LogP contribution is -2.63. The van der Waals surface area contributed by atoms with Crippen LogP contribution in [0.4, 0.5) is 0 Å². The van der Waals surface area contributed by atoms with Crippen molar-refractivity contribution in [1.29, 1.82) is 0 Å². The first-order valence-electron chi connectivity index (χ1n) is 6.39. The summed E-state index contributed by atoms with van der Waals surface area (Å²) in [5.74, 6) is -0.430. The lowest BCUT2D eigenvalue weighted by molar-refractivity contribution is -0.144. The first kappa shape index (κ1) is 14.6. The Labute approximate surface area is 107 Å². The standard InChI is InChI=1S/C12H21N3O3/c1-3-5-12(6-4-2)9(17)14-11(13-7-8-16)15-10(12)18/h16H,3-8H2,1-2H3,(H2,13,14,15,17,18). The van der Waals surface area contributed by atoms with Crippen LogP contribution >= 0.6 is 0 Å². The van der Waals surface area contributed by atoms with E-state index >= 15 is 0 Å². The highest BCUT2D eigenvalue weighted by Crippen LogP contribution is 2.32. The molecule has 1 fully saturated rings. The molecule has 0 saturated carbocycles. The molecule has 0 radical (unpaired) electrons. The van der Waals surface area contributed by atoms with Crippen LogP contribution < -0.4 is 10.6 Å². The van der Waals surface area contributed by atoms with Crippen LogP contribution in [-0.2, 0) is 9.59 Å². The predicted molar refractivity (Wildman–Crippen MR) is 67.9 cm³/mol. The maximum atomic E-state index is 12.2. The van der Waals surface area contributed by atoms with Crippen molar-refractivity contribution in [3.63, 3.8) is 0 Å². The van der Waals surface area contributed by atoms with Crippen LogP contribution in [0.15, 0.2) is 4.99 Å². The van der Waals surface area contributed by atoms with Crippen LogP contribution in [0.2, 0.25) is 0 Å². The van der Waals surface area contributed by atoms with Gasteiger partial charge in [0.2, 0.25) is 17.8 Å². The molecule has 1 heterocycles. The first-order chi connectivity index (χ1) is 8.60. The van der Waals surface area contributed by atoms with E-state index < -0.39 is 5.41 Å². The van der Waals surface area contributed by atoms with Gasteiger partial charge in [0.15, 0.2) is 0 Å². The number of aliphatic imine (C=N–C) groups is 1. The Morgan fingerprint density at radius 3 is 2.00 bits per heavy atom. The molecule has 0 aromatic carbocycles. The molecule has 0 unspecified atom stereocenters. The fourth-order valence-electron chi connectivity index (χ4n) is 2.26. The first-order valence-corrected chi connectivity index (χ1v) is 6.39. The van der Waals surface area contributed by atoms with Crippen molar-refractivity contribution in [2.45, 2.75) is 39.5 Å². The summed E-state index contributed by atoms with van der Waals surface area (Å²) >= 11 is 0. The van der Waals surface area contributed by atoms with Gasteiger partial charge in [-0.05, 0) is 12.8 Å². The van der Waals surface area contributed by atoms with Gasteiger partial charge in [-0.3, -0.25) is 25.2 Å². The fraction of sp³-hybridized carbons (Fsp3) is 0.750. The van der Waals surface area contributed by atoms with Crippen LogP contribution in [0.5, 0.6) is 0 Å². The van der Waals surface area contributed by atoms with Crippen LogP contribution in [0.3, 0.4) is 0 Å². The number of aliphatic hydroxyl groups is 1. The number of rotatable bonds is 6. The number of amides is 2. The van der Waals surface area contributed by atoms with Crippen molar-refractivity contribution in [2.24, 2.45) is 10.4 Å². The molecule has 1 aliphatic heterocycles. The molecule has 0 aliphatic carbocycles. The van der Waals surface area contributed by atoms with Gasteiger partial charge in [0, 0.05) is 0 Å². The van der Waals surface area contributed by atoms with Gasteiger partial charge >= 0.3 is 0 Å². The van der Waals surface area contributed by atoms with E-state index in [0.717, 1.165) is 12.8 Å². The molecule has 3 N–H and O–H groups in total. The minimum absolute atomic E-state index is 0.121. The van der Waals surface area contributed by atoms with Crippen LogP contribution in [0, 0.1) is 5.41 Å². The average molecular weight is 255 g/mol. The second-order valence-electron chi connectivity index (χ2n) is 4.44. The Hall–Kier alpha value is -1.43. The molecule has 1 rings (SSSR count). The number of hydrogen-bond donors (Lipinski definition) is 3. The summed E-state index contributed by atoms with van der Waals surface area (Å²) in [5, 5.41) is 13.9. The minimum Gasteiger partial charge on any atom is -0.394 e. The van der Waals surface area contributed by atoms with Crippen molar-refractivity contribution in [1.82, 2.24) is 10.6 Å². The third kappa shape index (κ3) is 2.87.